The van der Waals surface area contributed by atoms with Crippen molar-refractivity contribution in [2.75, 3.05) is 0 Å². The van der Waals surface area contributed by atoms with E-state index in [2.05, 4.69) is 6.92 Å². The van der Waals surface area contributed by atoms with E-state index in [0.29, 0.717) is 5.56 Å². The van der Waals surface area contributed by atoms with Gasteiger partial charge in [-0.05, 0) is 29.1 Å². The minimum Gasteiger partial charge on any atom is -0.271 e. The summed E-state index contributed by atoms with van der Waals surface area (Å²) < 4.78 is 25.9. The Morgan fingerprint density at radius 1 is 1.38 bits per heavy atom. The van der Waals surface area contributed by atoms with Crippen molar-refractivity contribution >= 4 is 11.6 Å². The van der Waals surface area contributed by atoms with Crippen molar-refractivity contribution < 1.29 is 8.78 Å². The second kappa shape index (κ2) is 5.57. The van der Waals surface area contributed by atoms with Gasteiger partial charge in [0, 0.05) is 0 Å². The molecule has 1 rings (SSSR count). The fourth-order valence-electron chi connectivity index (χ4n) is 1.55. The Kier molecular flexibility index (Phi) is 4.65. The summed E-state index contributed by atoms with van der Waals surface area (Å²) in [5, 5.41) is -3.40. The van der Waals surface area contributed by atoms with Gasteiger partial charge in [0.2, 0.25) is 0 Å². The van der Waals surface area contributed by atoms with Crippen LogP contribution in [-0.2, 0) is 6.42 Å². The lowest BCUT2D eigenvalue weighted by Gasteiger charge is -2.21. The first-order valence-electron chi connectivity index (χ1n) is 5.10. The molecule has 5 heteroatoms. The third-order valence-electron chi connectivity index (χ3n) is 2.35. The lowest BCUT2D eigenvalue weighted by molar-refractivity contribution is 0.0497. The molecule has 0 bridgehead atoms. The van der Waals surface area contributed by atoms with Gasteiger partial charge >= 0.3 is 5.38 Å². The van der Waals surface area contributed by atoms with Gasteiger partial charge in [0.15, 0.2) is 0 Å². The quantitative estimate of drug-likeness (QED) is 0.478. The SMILES string of the molecule is CCCc1ccc(C(NN)C(F)(F)Cl)cc1. The molecule has 0 saturated heterocycles. The van der Waals surface area contributed by atoms with Crippen LogP contribution in [0.15, 0.2) is 24.3 Å². The van der Waals surface area contributed by atoms with E-state index in [1.165, 1.54) is 0 Å². The van der Waals surface area contributed by atoms with Crippen LogP contribution in [0.3, 0.4) is 0 Å². The second-order valence-corrected chi connectivity index (χ2v) is 4.14. The van der Waals surface area contributed by atoms with Crippen LogP contribution in [0.4, 0.5) is 8.78 Å². The maximum absolute atomic E-state index is 12.9. The van der Waals surface area contributed by atoms with Crippen LogP contribution in [-0.4, -0.2) is 5.38 Å². The first-order chi connectivity index (χ1) is 7.49. The maximum Gasteiger partial charge on any atom is 0.342 e. The van der Waals surface area contributed by atoms with Gasteiger partial charge in [0.25, 0.3) is 0 Å². The number of alkyl halides is 3. The van der Waals surface area contributed by atoms with E-state index in [1.807, 2.05) is 17.6 Å². The summed E-state index contributed by atoms with van der Waals surface area (Å²) in [6, 6.07) is 5.49. The summed E-state index contributed by atoms with van der Waals surface area (Å²) in [5.41, 5.74) is 3.52. The van der Waals surface area contributed by atoms with Gasteiger partial charge in [-0.1, -0.05) is 37.6 Å². The highest BCUT2D eigenvalue weighted by Gasteiger charge is 2.37. The highest BCUT2D eigenvalue weighted by atomic mass is 35.5. The topological polar surface area (TPSA) is 38.0 Å². The van der Waals surface area contributed by atoms with Crippen molar-refractivity contribution in [1.29, 1.82) is 0 Å². The van der Waals surface area contributed by atoms with Gasteiger partial charge < -0.3 is 0 Å². The van der Waals surface area contributed by atoms with Crippen LogP contribution in [0.25, 0.3) is 0 Å². The number of benzene rings is 1. The Labute approximate surface area is 98.8 Å². The summed E-state index contributed by atoms with van der Waals surface area (Å²) in [6.07, 6.45) is 1.95. The Morgan fingerprint density at radius 3 is 2.31 bits per heavy atom. The van der Waals surface area contributed by atoms with E-state index in [-0.39, 0.29) is 0 Å². The minimum atomic E-state index is -3.40. The molecule has 0 aliphatic heterocycles. The van der Waals surface area contributed by atoms with Crippen molar-refractivity contribution in [2.24, 2.45) is 5.84 Å². The number of hydrogen-bond donors (Lipinski definition) is 2. The number of hydrogen-bond acceptors (Lipinski definition) is 2. The highest BCUT2D eigenvalue weighted by molar-refractivity contribution is 6.22. The van der Waals surface area contributed by atoms with Crippen molar-refractivity contribution in [3.8, 4) is 0 Å². The molecule has 0 saturated carbocycles. The van der Waals surface area contributed by atoms with Gasteiger partial charge in [0.1, 0.15) is 6.04 Å². The molecule has 2 nitrogen and oxygen atoms in total. The summed E-state index contributed by atoms with van der Waals surface area (Å²) in [4.78, 5) is 0. The zero-order valence-electron chi connectivity index (χ0n) is 9.01. The summed E-state index contributed by atoms with van der Waals surface area (Å²) in [7, 11) is 0. The van der Waals surface area contributed by atoms with E-state index in [0.717, 1.165) is 18.4 Å². The van der Waals surface area contributed by atoms with Gasteiger partial charge in [-0.3, -0.25) is 5.84 Å². The first-order valence-corrected chi connectivity index (χ1v) is 5.48. The molecule has 3 N–H and O–H groups in total. The summed E-state index contributed by atoms with van der Waals surface area (Å²) in [5.74, 6) is 5.07. The number of nitrogens with one attached hydrogen (secondary N) is 1. The minimum absolute atomic E-state index is 0.377. The van der Waals surface area contributed by atoms with Crippen molar-refractivity contribution in [3.05, 3.63) is 35.4 Å². The van der Waals surface area contributed by atoms with E-state index < -0.39 is 11.4 Å². The van der Waals surface area contributed by atoms with Gasteiger partial charge in [-0.15, -0.1) is 0 Å². The molecular formula is C11H15ClF2N2. The zero-order valence-corrected chi connectivity index (χ0v) is 9.77. The second-order valence-electron chi connectivity index (χ2n) is 3.63. The monoisotopic (exact) mass is 248 g/mol. The average Bonchev–Trinajstić information content (AvgIpc) is 2.20. The summed E-state index contributed by atoms with van der Waals surface area (Å²) >= 11 is 4.96. The third-order valence-corrected chi connectivity index (χ3v) is 2.56. The largest absolute Gasteiger partial charge is 0.342 e. The van der Waals surface area contributed by atoms with Crippen LogP contribution >= 0.6 is 11.6 Å². The number of halogens is 3. The molecule has 0 fully saturated rings. The van der Waals surface area contributed by atoms with E-state index >= 15 is 0 Å². The molecular weight excluding hydrogens is 234 g/mol. The number of hydrazine groups is 1. The molecule has 0 amide bonds. The van der Waals surface area contributed by atoms with Gasteiger partial charge in [-0.2, -0.15) is 8.78 Å². The average molecular weight is 249 g/mol. The molecule has 0 radical (unpaired) electrons. The molecule has 90 valence electrons. The fraction of sp³-hybridized carbons (Fsp3) is 0.455. The Bertz CT molecular complexity index is 322. The standard InChI is InChI=1S/C11H15ClF2N2/c1-2-3-8-4-6-9(7-5-8)10(16-15)11(12,13)14/h4-7,10,16H,2-3,15H2,1H3. The van der Waals surface area contributed by atoms with Crippen LogP contribution in [0.1, 0.15) is 30.5 Å². The van der Waals surface area contributed by atoms with E-state index in [1.54, 1.807) is 12.1 Å². The smallest absolute Gasteiger partial charge is 0.271 e. The molecule has 0 aliphatic rings. The molecule has 1 atom stereocenters. The molecule has 0 spiro atoms. The first kappa shape index (κ1) is 13.4. The van der Waals surface area contributed by atoms with Crippen molar-refractivity contribution in [2.45, 2.75) is 31.2 Å². The normalized spacial score (nSPS) is 13.8. The number of nitrogens with two attached hydrogens (primary N) is 1. The maximum atomic E-state index is 12.9. The lowest BCUT2D eigenvalue weighted by Crippen LogP contribution is -2.37. The predicted octanol–water partition coefficient (Wildman–Crippen LogP) is 2.98. The molecule has 16 heavy (non-hydrogen) atoms. The molecule has 0 aromatic heterocycles. The number of rotatable bonds is 5. The molecule has 1 aromatic rings. The Balaban J connectivity index is 2.87. The van der Waals surface area contributed by atoms with Crippen LogP contribution in [0.5, 0.6) is 0 Å². The molecule has 1 aromatic carbocycles. The van der Waals surface area contributed by atoms with Crippen molar-refractivity contribution in [1.82, 2.24) is 5.43 Å². The number of aryl methyl sites for hydroxylation is 1. The van der Waals surface area contributed by atoms with Crippen LogP contribution in [0, 0.1) is 0 Å². The lowest BCUT2D eigenvalue weighted by atomic mass is 10.0. The van der Waals surface area contributed by atoms with E-state index in [9.17, 15) is 8.78 Å². The third kappa shape index (κ3) is 3.40. The van der Waals surface area contributed by atoms with Crippen LogP contribution in [0.2, 0.25) is 0 Å². The summed E-state index contributed by atoms with van der Waals surface area (Å²) in [6.45, 7) is 2.06. The zero-order chi connectivity index (χ0) is 12.2. The van der Waals surface area contributed by atoms with Crippen molar-refractivity contribution in [3.63, 3.8) is 0 Å². The molecule has 0 heterocycles. The Morgan fingerprint density at radius 2 is 1.94 bits per heavy atom. The molecule has 0 aliphatic carbocycles. The fourth-order valence-corrected chi connectivity index (χ4v) is 1.73. The van der Waals surface area contributed by atoms with Gasteiger partial charge in [-0.25, -0.2) is 5.43 Å². The highest BCUT2D eigenvalue weighted by Crippen LogP contribution is 2.34. The van der Waals surface area contributed by atoms with Gasteiger partial charge in [0.05, 0.1) is 0 Å². The van der Waals surface area contributed by atoms with Crippen LogP contribution < -0.4 is 11.3 Å². The Hall–Kier alpha value is -0.710. The predicted molar refractivity (Wildman–Crippen MR) is 61.3 cm³/mol. The van der Waals surface area contributed by atoms with E-state index in [4.69, 9.17) is 17.4 Å². The molecule has 1 unspecified atom stereocenters.